The zero-order chi connectivity index (χ0) is 18.8. The number of benzene rings is 1. The molecule has 1 saturated heterocycles. The van der Waals surface area contributed by atoms with Gasteiger partial charge in [0.25, 0.3) is 0 Å². The topological polar surface area (TPSA) is 61.8 Å². The number of rotatable bonds is 4. The molecule has 1 fully saturated rings. The van der Waals surface area contributed by atoms with Crippen molar-refractivity contribution in [2.45, 2.75) is 38.6 Å². The second-order valence-electron chi connectivity index (χ2n) is 7.24. The van der Waals surface area contributed by atoms with Gasteiger partial charge in [0, 0.05) is 36.0 Å². The number of morpholine rings is 1. The van der Waals surface area contributed by atoms with E-state index in [0.717, 1.165) is 36.5 Å². The Morgan fingerprint density at radius 1 is 1.22 bits per heavy atom. The predicted molar refractivity (Wildman–Crippen MR) is 108 cm³/mol. The van der Waals surface area contributed by atoms with Gasteiger partial charge < -0.3 is 15.2 Å². The molecule has 1 aromatic heterocycles. The molecule has 2 N–H and O–H groups in total. The third-order valence-electron chi connectivity index (χ3n) is 5.42. The van der Waals surface area contributed by atoms with E-state index in [1.165, 1.54) is 28.8 Å². The maximum atomic E-state index is 11.9. The highest BCUT2D eigenvalue weighted by Crippen LogP contribution is 2.47. The fourth-order valence-corrected chi connectivity index (χ4v) is 5.59. The zero-order valence-electron chi connectivity index (χ0n) is 15.7. The van der Waals surface area contributed by atoms with Gasteiger partial charge in [-0.15, -0.1) is 11.3 Å². The summed E-state index contributed by atoms with van der Waals surface area (Å²) in [6.07, 6.45) is 4.48. The van der Waals surface area contributed by atoms with Crippen molar-refractivity contribution in [3.63, 3.8) is 0 Å². The summed E-state index contributed by atoms with van der Waals surface area (Å²) in [6, 6.07) is 7.50. The number of anilines is 1. The van der Waals surface area contributed by atoms with Crippen LogP contribution in [0, 0.1) is 0 Å². The van der Waals surface area contributed by atoms with Crippen molar-refractivity contribution in [3.8, 4) is 5.75 Å². The normalized spacial score (nSPS) is 18.7. The van der Waals surface area contributed by atoms with Gasteiger partial charge in [0.15, 0.2) is 0 Å². The summed E-state index contributed by atoms with van der Waals surface area (Å²) < 4.78 is 5.57. The molecule has 2 aromatic rings. The molecule has 1 aliphatic heterocycles. The van der Waals surface area contributed by atoms with Gasteiger partial charge in [0.1, 0.15) is 10.8 Å². The molecule has 0 saturated carbocycles. The van der Waals surface area contributed by atoms with Gasteiger partial charge in [-0.2, -0.15) is 0 Å². The van der Waals surface area contributed by atoms with Gasteiger partial charge in [-0.3, -0.25) is 9.69 Å². The summed E-state index contributed by atoms with van der Waals surface area (Å²) in [4.78, 5) is 15.7. The molecule has 0 radical (unpaired) electrons. The van der Waals surface area contributed by atoms with E-state index < -0.39 is 0 Å². The highest BCUT2D eigenvalue weighted by molar-refractivity contribution is 7.16. The van der Waals surface area contributed by atoms with E-state index in [9.17, 15) is 9.90 Å². The number of thiophene rings is 1. The summed E-state index contributed by atoms with van der Waals surface area (Å²) in [5, 5.41) is 14.7. The van der Waals surface area contributed by atoms with E-state index in [1.54, 1.807) is 24.3 Å². The quantitative estimate of drug-likeness (QED) is 0.841. The number of hydrogen-bond acceptors (Lipinski definition) is 5. The Morgan fingerprint density at radius 2 is 1.96 bits per heavy atom. The number of phenolic OH excluding ortho intramolecular Hbond substituents is 1. The highest BCUT2D eigenvalue weighted by Gasteiger charge is 2.33. The highest BCUT2D eigenvalue weighted by atomic mass is 32.1. The van der Waals surface area contributed by atoms with E-state index >= 15 is 0 Å². The number of nitrogens with one attached hydrogen (secondary N) is 1. The molecule has 0 bridgehead atoms. The average molecular weight is 387 g/mol. The Labute approximate surface area is 164 Å². The Bertz CT molecular complexity index is 827. The summed E-state index contributed by atoms with van der Waals surface area (Å²) in [7, 11) is 0. The van der Waals surface area contributed by atoms with Gasteiger partial charge in [-0.05, 0) is 37.3 Å². The Balaban J connectivity index is 1.87. The molecule has 1 atom stereocenters. The SMILES string of the molecule is CC(=O)Nc1sc2c(c1C(c1ccccc1O)N1CCOCC1)CCCC2. The van der Waals surface area contributed by atoms with Gasteiger partial charge in [-0.25, -0.2) is 0 Å². The molecule has 2 aliphatic rings. The van der Waals surface area contributed by atoms with Crippen LogP contribution in [0.2, 0.25) is 0 Å². The number of hydrogen-bond donors (Lipinski definition) is 2. The Hall–Kier alpha value is -1.89. The minimum Gasteiger partial charge on any atom is -0.508 e. The molecule has 1 unspecified atom stereocenters. The van der Waals surface area contributed by atoms with Crippen LogP contribution in [0.4, 0.5) is 5.00 Å². The van der Waals surface area contributed by atoms with Crippen molar-refractivity contribution in [2.75, 3.05) is 31.6 Å². The Kier molecular flexibility index (Phi) is 5.48. The van der Waals surface area contributed by atoms with Crippen molar-refractivity contribution < 1.29 is 14.6 Å². The number of fused-ring (bicyclic) bond motifs is 1. The molecule has 144 valence electrons. The number of carbonyl (C=O) groups is 1. The van der Waals surface area contributed by atoms with Crippen LogP contribution in [-0.4, -0.2) is 42.2 Å². The molecule has 0 spiro atoms. The van der Waals surface area contributed by atoms with Crippen molar-refractivity contribution in [1.29, 1.82) is 0 Å². The largest absolute Gasteiger partial charge is 0.508 e. The third-order valence-corrected chi connectivity index (χ3v) is 6.64. The summed E-state index contributed by atoms with van der Waals surface area (Å²) in [6.45, 7) is 4.55. The zero-order valence-corrected chi connectivity index (χ0v) is 16.5. The van der Waals surface area contributed by atoms with Crippen molar-refractivity contribution >= 4 is 22.2 Å². The lowest BCUT2D eigenvalue weighted by Gasteiger charge is -2.36. The number of carbonyl (C=O) groups excluding carboxylic acids is 1. The molecule has 6 heteroatoms. The molecule has 5 nitrogen and oxygen atoms in total. The fourth-order valence-electron chi connectivity index (χ4n) is 4.22. The number of phenols is 1. The molecule has 27 heavy (non-hydrogen) atoms. The molecule has 1 aliphatic carbocycles. The van der Waals surface area contributed by atoms with E-state index in [0.29, 0.717) is 19.0 Å². The van der Waals surface area contributed by atoms with Crippen LogP contribution in [0.5, 0.6) is 5.75 Å². The first kappa shape index (κ1) is 18.5. The number of nitrogens with zero attached hydrogens (tertiary/aromatic N) is 1. The molecular formula is C21H26N2O3S. The van der Waals surface area contributed by atoms with Crippen molar-refractivity contribution in [1.82, 2.24) is 4.90 Å². The standard InChI is InChI=1S/C21H26N2O3S/c1-14(24)22-21-19(16-7-3-5-9-18(16)27-21)20(23-10-12-26-13-11-23)15-6-2-4-8-17(15)25/h2,4,6,8,20,25H,3,5,7,9-13H2,1H3,(H,22,24). The van der Waals surface area contributed by atoms with E-state index in [-0.39, 0.29) is 11.9 Å². The maximum absolute atomic E-state index is 11.9. The van der Waals surface area contributed by atoms with Crippen LogP contribution in [-0.2, 0) is 22.4 Å². The van der Waals surface area contributed by atoms with Crippen molar-refractivity contribution in [3.05, 3.63) is 45.8 Å². The van der Waals surface area contributed by atoms with E-state index in [4.69, 9.17) is 4.74 Å². The Morgan fingerprint density at radius 3 is 2.70 bits per heavy atom. The molecular weight excluding hydrogens is 360 g/mol. The van der Waals surface area contributed by atoms with Crippen LogP contribution in [0.3, 0.4) is 0 Å². The maximum Gasteiger partial charge on any atom is 0.221 e. The van der Waals surface area contributed by atoms with Gasteiger partial charge in [0.2, 0.25) is 5.91 Å². The van der Waals surface area contributed by atoms with Crippen LogP contribution >= 0.6 is 11.3 Å². The fraction of sp³-hybridized carbons (Fsp3) is 0.476. The second-order valence-corrected chi connectivity index (χ2v) is 8.35. The molecule has 4 rings (SSSR count). The van der Waals surface area contributed by atoms with Crippen LogP contribution in [0.25, 0.3) is 0 Å². The first-order valence-electron chi connectivity index (χ1n) is 9.67. The number of amides is 1. The predicted octanol–water partition coefficient (Wildman–Crippen LogP) is 3.71. The smallest absolute Gasteiger partial charge is 0.221 e. The first-order valence-corrected chi connectivity index (χ1v) is 10.5. The summed E-state index contributed by atoms with van der Waals surface area (Å²) in [5.74, 6) is 0.256. The summed E-state index contributed by atoms with van der Waals surface area (Å²) >= 11 is 1.71. The third kappa shape index (κ3) is 3.74. The minimum atomic E-state index is -0.0740. The molecule has 2 heterocycles. The number of aromatic hydroxyl groups is 1. The van der Waals surface area contributed by atoms with E-state index in [2.05, 4.69) is 10.2 Å². The number of ether oxygens (including phenoxy) is 1. The lowest BCUT2D eigenvalue weighted by molar-refractivity contribution is -0.114. The van der Waals surface area contributed by atoms with Crippen LogP contribution in [0.15, 0.2) is 24.3 Å². The van der Waals surface area contributed by atoms with Crippen molar-refractivity contribution in [2.24, 2.45) is 0 Å². The minimum absolute atomic E-state index is 0.0483. The van der Waals surface area contributed by atoms with Crippen LogP contribution < -0.4 is 5.32 Å². The molecule has 1 aromatic carbocycles. The number of para-hydroxylation sites is 1. The lowest BCUT2D eigenvalue weighted by atomic mass is 9.88. The lowest BCUT2D eigenvalue weighted by Crippen LogP contribution is -2.40. The second kappa shape index (κ2) is 8.00. The monoisotopic (exact) mass is 386 g/mol. The van der Waals surface area contributed by atoms with Gasteiger partial charge in [0.05, 0.1) is 19.3 Å². The van der Waals surface area contributed by atoms with Gasteiger partial charge >= 0.3 is 0 Å². The van der Waals surface area contributed by atoms with Crippen LogP contribution in [0.1, 0.15) is 47.4 Å². The summed E-state index contributed by atoms with van der Waals surface area (Å²) in [5.41, 5.74) is 3.44. The molecule has 1 amide bonds. The average Bonchev–Trinajstić information content (AvgIpc) is 3.02. The van der Waals surface area contributed by atoms with Gasteiger partial charge in [-0.1, -0.05) is 18.2 Å². The first-order chi connectivity index (χ1) is 13.1. The van der Waals surface area contributed by atoms with E-state index in [1.807, 2.05) is 18.2 Å². The number of aryl methyl sites for hydroxylation is 1.